The number of methoxy groups -OCH3 is 1. The number of nitrogens with zero attached hydrogens (tertiary/aromatic N) is 5. The number of thiazole rings is 1. The second-order valence-corrected chi connectivity index (χ2v) is 11.4. The summed E-state index contributed by atoms with van der Waals surface area (Å²) in [6, 6.07) is 12.7. The molecule has 1 unspecified atom stereocenters. The van der Waals surface area contributed by atoms with Gasteiger partial charge < -0.3 is 9.47 Å². The molecule has 3 heterocycles. The van der Waals surface area contributed by atoms with E-state index in [1.54, 1.807) is 88.8 Å². The van der Waals surface area contributed by atoms with E-state index in [2.05, 4.69) is 15.0 Å². The minimum atomic E-state index is -0.792. The van der Waals surface area contributed by atoms with E-state index in [1.165, 1.54) is 10.6 Å². The number of aromatic nitrogens is 3. The van der Waals surface area contributed by atoms with Crippen molar-refractivity contribution in [3.8, 4) is 5.75 Å². The quantitative estimate of drug-likeness (QED) is 0.126. The molecular formula is C29H25N5O6S2. The summed E-state index contributed by atoms with van der Waals surface area (Å²) >= 11 is 2.21. The molecule has 0 fully saturated rings. The molecule has 42 heavy (non-hydrogen) atoms. The number of carbonyl (C=O) groups is 1. The summed E-state index contributed by atoms with van der Waals surface area (Å²) in [4.78, 5) is 52.1. The first kappa shape index (κ1) is 28.9. The number of carbonyl (C=O) groups excluding carboxylic acids is 1. The average molecular weight is 604 g/mol. The van der Waals surface area contributed by atoms with Crippen LogP contribution in [0.5, 0.6) is 5.75 Å². The van der Waals surface area contributed by atoms with Gasteiger partial charge in [0.1, 0.15) is 5.75 Å². The van der Waals surface area contributed by atoms with Gasteiger partial charge in [-0.2, -0.15) is 0 Å². The second-order valence-electron chi connectivity index (χ2n) is 9.43. The van der Waals surface area contributed by atoms with Gasteiger partial charge >= 0.3 is 5.97 Å². The average Bonchev–Trinajstić information content (AvgIpc) is 3.27. The van der Waals surface area contributed by atoms with Crippen LogP contribution in [-0.2, 0) is 9.53 Å². The Bertz CT molecular complexity index is 1880. The highest BCUT2D eigenvalue weighted by Crippen LogP contribution is 2.34. The van der Waals surface area contributed by atoms with E-state index in [-0.39, 0.29) is 22.9 Å². The lowest BCUT2D eigenvalue weighted by Gasteiger charge is -2.25. The topological polar surface area (TPSA) is 139 Å². The first-order valence-corrected chi connectivity index (χ1v) is 14.4. The van der Waals surface area contributed by atoms with E-state index in [9.17, 15) is 19.7 Å². The molecule has 2 aromatic heterocycles. The number of rotatable bonds is 8. The number of esters is 1. The second kappa shape index (κ2) is 12.1. The van der Waals surface area contributed by atoms with Gasteiger partial charge in [-0.15, -0.1) is 0 Å². The van der Waals surface area contributed by atoms with Crippen LogP contribution < -0.4 is 19.6 Å². The number of ether oxygens (including phenoxy) is 2. The molecule has 1 aliphatic rings. The molecule has 0 saturated heterocycles. The summed E-state index contributed by atoms with van der Waals surface area (Å²) in [5, 5.41) is 12.3. The standard InChI is InChI=1S/C29H25N5O6S2/c1-16(2)40-27(36)24-17(3)32-29-33(25(24)19-7-9-20(39-4)10-8-19)26(35)23(42-29)15-18-6-11-22(21(14-18)34(37)38)41-28-30-12-5-13-31-28/h5-16,25H,1-4H3. The highest BCUT2D eigenvalue weighted by molar-refractivity contribution is 7.99. The van der Waals surface area contributed by atoms with Crippen molar-refractivity contribution in [3.63, 3.8) is 0 Å². The molecule has 0 saturated carbocycles. The summed E-state index contributed by atoms with van der Waals surface area (Å²) in [6.07, 6.45) is 4.33. The number of allylic oxidation sites excluding steroid dienone is 1. The fraction of sp³-hybridized carbons (Fsp3) is 0.207. The molecule has 0 amide bonds. The SMILES string of the molecule is COc1ccc(C2C(C(=O)OC(C)C)=C(C)N=c3sc(=Cc4ccc(Sc5ncccn5)c([N+](=O)[O-])c4)c(=O)n32)cc1. The molecule has 4 aromatic rings. The van der Waals surface area contributed by atoms with Crippen molar-refractivity contribution in [2.75, 3.05) is 7.11 Å². The number of benzene rings is 2. The van der Waals surface area contributed by atoms with E-state index < -0.39 is 16.9 Å². The third-order valence-electron chi connectivity index (χ3n) is 6.24. The number of hydrogen-bond donors (Lipinski definition) is 0. The minimum absolute atomic E-state index is 0.139. The van der Waals surface area contributed by atoms with E-state index in [1.807, 2.05) is 0 Å². The Morgan fingerprint density at radius 1 is 1.17 bits per heavy atom. The van der Waals surface area contributed by atoms with Crippen LogP contribution in [0.3, 0.4) is 0 Å². The van der Waals surface area contributed by atoms with Gasteiger partial charge in [0.2, 0.25) is 0 Å². The maximum Gasteiger partial charge on any atom is 0.338 e. The van der Waals surface area contributed by atoms with Crippen molar-refractivity contribution in [2.45, 2.75) is 43.0 Å². The summed E-state index contributed by atoms with van der Waals surface area (Å²) in [5.41, 5.74) is 1.30. The Balaban J connectivity index is 1.62. The van der Waals surface area contributed by atoms with Crippen molar-refractivity contribution >= 4 is 40.8 Å². The Morgan fingerprint density at radius 3 is 2.52 bits per heavy atom. The number of nitro groups is 1. The maximum atomic E-state index is 13.9. The third kappa shape index (κ3) is 5.87. The fourth-order valence-electron chi connectivity index (χ4n) is 4.40. The van der Waals surface area contributed by atoms with Crippen molar-refractivity contribution in [1.82, 2.24) is 14.5 Å². The van der Waals surface area contributed by atoms with E-state index >= 15 is 0 Å². The van der Waals surface area contributed by atoms with Crippen LogP contribution in [0.25, 0.3) is 6.08 Å². The van der Waals surface area contributed by atoms with Crippen molar-refractivity contribution < 1.29 is 19.2 Å². The van der Waals surface area contributed by atoms with Gasteiger partial charge in [0.05, 0.1) is 44.9 Å². The zero-order valence-electron chi connectivity index (χ0n) is 23.0. The Labute approximate surface area is 248 Å². The van der Waals surface area contributed by atoms with Gasteiger partial charge in [0, 0.05) is 18.5 Å². The molecule has 0 bridgehead atoms. The molecule has 0 spiro atoms. The van der Waals surface area contributed by atoms with Crippen molar-refractivity contribution in [2.24, 2.45) is 4.99 Å². The first-order valence-electron chi connectivity index (χ1n) is 12.8. The largest absolute Gasteiger partial charge is 0.497 e. The van der Waals surface area contributed by atoms with Crippen LogP contribution in [0.1, 0.15) is 37.9 Å². The lowest BCUT2D eigenvalue weighted by atomic mass is 9.96. The summed E-state index contributed by atoms with van der Waals surface area (Å²) < 4.78 is 12.6. The van der Waals surface area contributed by atoms with Crippen molar-refractivity contribution in [1.29, 1.82) is 0 Å². The molecule has 11 nitrogen and oxygen atoms in total. The zero-order chi connectivity index (χ0) is 30.0. The summed E-state index contributed by atoms with van der Waals surface area (Å²) in [6.45, 7) is 5.21. The van der Waals surface area contributed by atoms with Crippen LogP contribution in [0.2, 0.25) is 0 Å². The van der Waals surface area contributed by atoms with Gasteiger partial charge in [-0.05, 0) is 74.0 Å². The van der Waals surface area contributed by atoms with Crippen molar-refractivity contribution in [3.05, 3.63) is 113 Å². The van der Waals surface area contributed by atoms with Gasteiger partial charge in [-0.1, -0.05) is 29.5 Å². The van der Waals surface area contributed by atoms with E-state index in [0.29, 0.717) is 42.0 Å². The van der Waals surface area contributed by atoms with Gasteiger partial charge in [-0.25, -0.2) is 19.8 Å². The monoisotopic (exact) mass is 603 g/mol. The summed E-state index contributed by atoms with van der Waals surface area (Å²) in [5.74, 6) is 0.0626. The lowest BCUT2D eigenvalue weighted by molar-refractivity contribution is -0.387. The van der Waals surface area contributed by atoms with Gasteiger partial charge in [0.15, 0.2) is 9.96 Å². The highest BCUT2D eigenvalue weighted by Gasteiger charge is 2.34. The predicted octanol–water partition coefficient (Wildman–Crippen LogP) is 4.04. The summed E-state index contributed by atoms with van der Waals surface area (Å²) in [7, 11) is 1.55. The lowest BCUT2D eigenvalue weighted by Crippen LogP contribution is -2.40. The van der Waals surface area contributed by atoms with Crippen LogP contribution >= 0.6 is 23.1 Å². The molecular weight excluding hydrogens is 578 g/mol. The molecule has 5 rings (SSSR count). The molecule has 13 heteroatoms. The minimum Gasteiger partial charge on any atom is -0.497 e. The number of hydrogen-bond acceptors (Lipinski definition) is 11. The third-order valence-corrected chi connectivity index (χ3v) is 8.18. The number of nitro benzene ring substituents is 1. The molecule has 2 aromatic carbocycles. The Hall–Kier alpha value is -4.62. The zero-order valence-corrected chi connectivity index (χ0v) is 24.6. The molecule has 0 N–H and O–H groups in total. The maximum absolute atomic E-state index is 13.9. The molecule has 214 valence electrons. The Morgan fingerprint density at radius 2 is 1.88 bits per heavy atom. The normalized spacial score (nSPS) is 14.9. The van der Waals surface area contributed by atoms with Crippen LogP contribution in [-0.4, -0.2) is 38.6 Å². The van der Waals surface area contributed by atoms with Crippen LogP contribution in [0.4, 0.5) is 5.69 Å². The highest BCUT2D eigenvalue weighted by atomic mass is 32.2. The van der Waals surface area contributed by atoms with E-state index in [0.717, 1.165) is 23.1 Å². The van der Waals surface area contributed by atoms with Crippen LogP contribution in [0.15, 0.2) is 92.0 Å². The smallest absolute Gasteiger partial charge is 0.338 e. The predicted molar refractivity (Wildman–Crippen MR) is 157 cm³/mol. The van der Waals surface area contributed by atoms with Crippen LogP contribution in [0, 0.1) is 10.1 Å². The first-order chi connectivity index (χ1) is 20.2. The molecule has 1 aliphatic heterocycles. The molecule has 0 aliphatic carbocycles. The Kier molecular flexibility index (Phi) is 8.31. The number of fused-ring (bicyclic) bond motifs is 1. The molecule has 0 radical (unpaired) electrons. The van der Waals surface area contributed by atoms with E-state index in [4.69, 9.17) is 9.47 Å². The fourth-order valence-corrected chi connectivity index (χ4v) is 6.25. The van der Waals surface area contributed by atoms with Gasteiger partial charge in [0.25, 0.3) is 11.2 Å². The van der Waals surface area contributed by atoms with Gasteiger partial charge in [-0.3, -0.25) is 19.5 Å². The molecule has 1 atom stereocenters.